The maximum Gasteiger partial charge on any atom is 0.248 e. The zero-order valence-electron chi connectivity index (χ0n) is 14.5. The highest BCUT2D eigenvalue weighted by Gasteiger charge is 2.09. The molecule has 0 saturated heterocycles. The maximum atomic E-state index is 11.6. The summed E-state index contributed by atoms with van der Waals surface area (Å²) in [5.74, 6) is 0.0706. The molecule has 4 rings (SSSR count). The largest absolute Gasteiger partial charge is 0.382 e. The van der Waals surface area contributed by atoms with Crippen molar-refractivity contribution in [2.75, 3.05) is 5.73 Å². The van der Waals surface area contributed by atoms with Crippen molar-refractivity contribution >= 4 is 22.6 Å². The van der Waals surface area contributed by atoms with Gasteiger partial charge in [-0.25, -0.2) is 0 Å². The normalized spacial score (nSPS) is 11.0. The first kappa shape index (κ1) is 16.8. The number of aromatic nitrogens is 3. The highest BCUT2D eigenvalue weighted by Crippen LogP contribution is 2.26. The highest BCUT2D eigenvalue weighted by atomic mass is 16.1. The maximum absolute atomic E-state index is 11.6. The quantitative estimate of drug-likeness (QED) is 0.510. The number of carbonyl (C=O) groups excluding carboxylic acids is 1. The number of amides is 1. The molecular weight excluding hydrogens is 338 g/mol. The molecule has 1 amide bonds. The summed E-state index contributed by atoms with van der Waals surface area (Å²) in [4.78, 5) is 16.0. The molecule has 2 heterocycles. The van der Waals surface area contributed by atoms with E-state index in [0.717, 1.165) is 33.3 Å². The van der Waals surface area contributed by atoms with Crippen LogP contribution in [-0.2, 0) is 6.42 Å². The molecule has 0 aliphatic carbocycles. The lowest BCUT2D eigenvalue weighted by molar-refractivity contribution is 0.0999. The van der Waals surface area contributed by atoms with Gasteiger partial charge in [0.05, 0.1) is 5.52 Å². The number of nitrogens with two attached hydrogens (primary N) is 2. The molecule has 2 aromatic carbocycles. The van der Waals surface area contributed by atoms with Gasteiger partial charge < -0.3 is 11.5 Å². The van der Waals surface area contributed by atoms with Crippen LogP contribution in [0.5, 0.6) is 0 Å². The molecule has 0 fully saturated rings. The Morgan fingerprint density at radius 2 is 1.89 bits per heavy atom. The van der Waals surface area contributed by atoms with E-state index in [4.69, 9.17) is 11.5 Å². The van der Waals surface area contributed by atoms with E-state index >= 15 is 0 Å². The Balaban J connectivity index is 1.58. The molecule has 0 aliphatic heterocycles. The second kappa shape index (κ2) is 6.92. The van der Waals surface area contributed by atoms with Gasteiger partial charge in [0.2, 0.25) is 5.91 Å². The first-order valence-corrected chi connectivity index (χ1v) is 8.53. The average molecular weight is 356 g/mol. The van der Waals surface area contributed by atoms with Crippen LogP contribution in [0.3, 0.4) is 0 Å². The number of rotatable bonds is 5. The number of pyridine rings is 1. The summed E-state index contributed by atoms with van der Waals surface area (Å²) >= 11 is 0. The van der Waals surface area contributed by atoms with Crippen LogP contribution in [0.15, 0.2) is 60.8 Å². The number of anilines is 1. The van der Waals surface area contributed by atoms with Gasteiger partial charge >= 0.3 is 0 Å². The minimum atomic E-state index is -0.423. The van der Waals surface area contributed by atoms with Crippen molar-refractivity contribution in [3.8, 4) is 11.1 Å². The van der Waals surface area contributed by atoms with Gasteiger partial charge in [-0.3, -0.25) is 14.9 Å². The van der Waals surface area contributed by atoms with Crippen molar-refractivity contribution in [2.24, 2.45) is 5.73 Å². The van der Waals surface area contributed by atoms with Crippen molar-refractivity contribution in [1.29, 1.82) is 0 Å². The monoisotopic (exact) mass is 356 g/mol. The van der Waals surface area contributed by atoms with Crippen LogP contribution < -0.4 is 11.5 Å². The summed E-state index contributed by atoms with van der Waals surface area (Å²) in [5.41, 5.74) is 16.5. The van der Waals surface area contributed by atoms with Crippen LogP contribution in [0.2, 0.25) is 0 Å². The summed E-state index contributed by atoms with van der Waals surface area (Å²) in [6.45, 7) is 0. The van der Waals surface area contributed by atoms with E-state index in [2.05, 4.69) is 15.2 Å². The molecule has 5 N–H and O–H groups in total. The van der Waals surface area contributed by atoms with E-state index in [1.54, 1.807) is 18.3 Å². The Labute approximate surface area is 156 Å². The molecule has 6 nitrogen and oxygen atoms in total. The SMILES string of the molecule is NC(=O)c1ccccc1C[CH]c1cc(-c2ccc3c(N)n[nH]c3c2)ccn1. The molecule has 6 heteroatoms. The van der Waals surface area contributed by atoms with Gasteiger partial charge in [-0.2, -0.15) is 5.10 Å². The highest BCUT2D eigenvalue weighted by molar-refractivity contribution is 5.94. The number of nitrogens with one attached hydrogen (secondary N) is 1. The molecule has 0 atom stereocenters. The molecule has 0 saturated carbocycles. The Morgan fingerprint density at radius 1 is 1.07 bits per heavy atom. The van der Waals surface area contributed by atoms with Gasteiger partial charge in [0.25, 0.3) is 0 Å². The minimum absolute atomic E-state index is 0.423. The Bertz CT molecular complexity index is 1130. The lowest BCUT2D eigenvalue weighted by Crippen LogP contribution is -2.13. The third kappa shape index (κ3) is 3.37. The molecule has 0 aliphatic rings. The summed E-state index contributed by atoms with van der Waals surface area (Å²) in [6.07, 6.45) is 4.33. The predicted octanol–water partition coefficient (Wildman–Crippen LogP) is 3.10. The van der Waals surface area contributed by atoms with Crippen LogP contribution in [-0.4, -0.2) is 21.1 Å². The molecule has 1 radical (unpaired) electrons. The number of benzene rings is 2. The van der Waals surface area contributed by atoms with E-state index < -0.39 is 5.91 Å². The number of H-pyrrole nitrogens is 1. The summed E-state index contributed by atoms with van der Waals surface area (Å²) in [7, 11) is 0. The average Bonchev–Trinajstić information content (AvgIpc) is 3.07. The Kier molecular flexibility index (Phi) is 4.30. The Morgan fingerprint density at radius 3 is 2.74 bits per heavy atom. The van der Waals surface area contributed by atoms with E-state index in [1.165, 1.54) is 0 Å². The van der Waals surface area contributed by atoms with E-state index in [9.17, 15) is 4.79 Å². The fourth-order valence-corrected chi connectivity index (χ4v) is 3.11. The van der Waals surface area contributed by atoms with E-state index in [0.29, 0.717) is 17.8 Å². The topological polar surface area (TPSA) is 111 Å². The fraction of sp³-hybridized carbons (Fsp3) is 0.0476. The van der Waals surface area contributed by atoms with Crippen LogP contribution in [0.25, 0.3) is 22.0 Å². The number of hydrogen-bond acceptors (Lipinski definition) is 4. The summed E-state index contributed by atoms with van der Waals surface area (Å²) in [5, 5.41) is 7.87. The number of fused-ring (bicyclic) bond motifs is 1. The van der Waals surface area contributed by atoms with Gasteiger partial charge in [0, 0.05) is 29.3 Å². The second-order valence-corrected chi connectivity index (χ2v) is 6.27. The first-order valence-electron chi connectivity index (χ1n) is 8.53. The van der Waals surface area contributed by atoms with Crippen molar-refractivity contribution in [2.45, 2.75) is 6.42 Å². The molecule has 133 valence electrons. The first-order chi connectivity index (χ1) is 13.1. The van der Waals surface area contributed by atoms with Crippen LogP contribution in [0.1, 0.15) is 21.6 Å². The van der Waals surface area contributed by atoms with Gasteiger partial charge in [-0.1, -0.05) is 24.3 Å². The van der Waals surface area contributed by atoms with Crippen molar-refractivity contribution in [3.63, 3.8) is 0 Å². The third-order valence-electron chi connectivity index (χ3n) is 4.52. The smallest absolute Gasteiger partial charge is 0.248 e. The van der Waals surface area contributed by atoms with Gasteiger partial charge in [0.1, 0.15) is 0 Å². The summed E-state index contributed by atoms with van der Waals surface area (Å²) in [6, 6.07) is 17.3. The van der Waals surface area contributed by atoms with Crippen molar-refractivity contribution in [1.82, 2.24) is 15.2 Å². The fourth-order valence-electron chi connectivity index (χ4n) is 3.11. The molecule has 0 unspecified atom stereocenters. The van der Waals surface area contributed by atoms with Gasteiger partial charge in [-0.05, 0) is 53.4 Å². The molecule has 0 spiro atoms. The van der Waals surface area contributed by atoms with Crippen LogP contribution in [0.4, 0.5) is 5.82 Å². The van der Waals surface area contributed by atoms with Crippen molar-refractivity contribution < 1.29 is 4.79 Å². The molecule has 27 heavy (non-hydrogen) atoms. The Hall–Kier alpha value is -3.67. The number of hydrogen-bond donors (Lipinski definition) is 3. The van der Waals surface area contributed by atoms with Gasteiger partial charge in [0.15, 0.2) is 5.82 Å². The number of primary amides is 1. The van der Waals surface area contributed by atoms with Crippen molar-refractivity contribution in [3.05, 3.63) is 84.0 Å². The van der Waals surface area contributed by atoms with E-state index in [-0.39, 0.29) is 0 Å². The zero-order chi connectivity index (χ0) is 18.8. The number of carbonyl (C=O) groups is 1. The number of nitrogens with zero attached hydrogens (tertiary/aromatic N) is 2. The molecule has 2 aromatic heterocycles. The molecule has 0 bridgehead atoms. The lowest BCUT2D eigenvalue weighted by atomic mass is 9.99. The summed E-state index contributed by atoms with van der Waals surface area (Å²) < 4.78 is 0. The second-order valence-electron chi connectivity index (χ2n) is 6.27. The zero-order valence-corrected chi connectivity index (χ0v) is 14.5. The van der Waals surface area contributed by atoms with Gasteiger partial charge in [-0.15, -0.1) is 0 Å². The molecular formula is C21H18N5O. The number of aromatic amines is 1. The molecule has 4 aromatic rings. The lowest BCUT2D eigenvalue weighted by Gasteiger charge is -2.08. The predicted molar refractivity (Wildman–Crippen MR) is 106 cm³/mol. The minimum Gasteiger partial charge on any atom is -0.382 e. The number of nitrogen functional groups attached to an aromatic ring is 1. The van der Waals surface area contributed by atoms with E-state index in [1.807, 2.05) is 48.9 Å². The van der Waals surface area contributed by atoms with Crippen LogP contribution >= 0.6 is 0 Å². The van der Waals surface area contributed by atoms with Crippen LogP contribution in [0, 0.1) is 6.42 Å². The third-order valence-corrected chi connectivity index (χ3v) is 4.52. The standard InChI is InChI=1S/C21H18N5O/c22-20-18-8-6-14(12-19(18)25-26-20)15-9-10-24-16(11-15)7-5-13-3-1-2-4-17(13)21(23)27/h1-4,6-12H,5H2,(H2,23,27)(H3,22,25,26).